The molecule has 1 aliphatic carbocycles. The number of amides is 2. The Bertz CT molecular complexity index is 1680. The zero-order valence-electron chi connectivity index (χ0n) is 26.9. The van der Waals surface area contributed by atoms with Crippen molar-refractivity contribution in [3.8, 4) is 28.7 Å². The number of nitrogens with zero attached hydrogens (tertiary/aromatic N) is 1. The van der Waals surface area contributed by atoms with Crippen molar-refractivity contribution < 1.29 is 43.5 Å². The van der Waals surface area contributed by atoms with E-state index in [1.54, 1.807) is 42.3 Å². The van der Waals surface area contributed by atoms with Crippen molar-refractivity contribution in [2.75, 3.05) is 27.6 Å². The van der Waals surface area contributed by atoms with E-state index >= 15 is 4.79 Å². The van der Waals surface area contributed by atoms with Crippen LogP contribution in [0.3, 0.4) is 0 Å². The third kappa shape index (κ3) is 4.62. The fraction of sp³-hybridized carbons (Fsp3) is 0.444. The van der Waals surface area contributed by atoms with Crippen molar-refractivity contribution in [2.24, 2.45) is 11.8 Å². The summed E-state index contributed by atoms with van der Waals surface area (Å²) in [5, 5.41) is 28.9. The number of carbonyl (C=O) groups is 2. The van der Waals surface area contributed by atoms with Gasteiger partial charge in [0.2, 0.25) is 24.4 Å². The van der Waals surface area contributed by atoms with Crippen LogP contribution in [0.25, 0.3) is 0 Å². The molecular formula is C36H40N2O9. The number of hydrogen-bond acceptors (Lipinski definition) is 9. The van der Waals surface area contributed by atoms with E-state index in [0.717, 1.165) is 0 Å². The van der Waals surface area contributed by atoms with Crippen LogP contribution in [-0.2, 0) is 20.8 Å². The summed E-state index contributed by atoms with van der Waals surface area (Å²) in [7, 11) is 3.00. The second kappa shape index (κ2) is 11.6. The molecule has 47 heavy (non-hydrogen) atoms. The first-order valence-electron chi connectivity index (χ1n) is 16.0. The predicted octanol–water partition coefficient (Wildman–Crippen LogP) is 3.79. The van der Waals surface area contributed by atoms with Crippen LogP contribution in [0.5, 0.6) is 28.7 Å². The van der Waals surface area contributed by atoms with Gasteiger partial charge in [0.15, 0.2) is 17.1 Å². The second-order valence-electron chi connectivity index (χ2n) is 13.1. The Labute approximate surface area is 273 Å². The second-order valence-corrected chi connectivity index (χ2v) is 13.1. The number of hydrogen-bond donors (Lipinski definition) is 3. The Kier molecular flexibility index (Phi) is 7.71. The van der Waals surface area contributed by atoms with Gasteiger partial charge in [0.25, 0.3) is 0 Å². The molecule has 3 heterocycles. The topological polar surface area (TPSA) is 136 Å². The van der Waals surface area contributed by atoms with E-state index in [9.17, 15) is 15.0 Å². The van der Waals surface area contributed by atoms with Crippen molar-refractivity contribution in [3.05, 3.63) is 77.4 Å². The van der Waals surface area contributed by atoms with Gasteiger partial charge in [-0.2, -0.15) is 0 Å². The van der Waals surface area contributed by atoms with Crippen LogP contribution in [0.1, 0.15) is 55.7 Å². The minimum absolute atomic E-state index is 0.0543. The molecule has 0 spiro atoms. The Morgan fingerprint density at radius 3 is 2.47 bits per heavy atom. The Morgan fingerprint density at radius 1 is 1.04 bits per heavy atom. The maximum Gasteiger partial charge on any atom is 0.232 e. The summed E-state index contributed by atoms with van der Waals surface area (Å²) in [5.74, 6) is -0.947. The quantitative estimate of drug-likeness (QED) is 0.335. The van der Waals surface area contributed by atoms with Crippen molar-refractivity contribution in [1.82, 2.24) is 10.2 Å². The number of ether oxygens (including phenoxy) is 5. The summed E-state index contributed by atoms with van der Waals surface area (Å²) in [5.41, 5.74) is -2.61. The summed E-state index contributed by atoms with van der Waals surface area (Å²) >= 11 is 0. The number of methoxy groups -OCH3 is 2. The molecule has 6 atom stereocenters. The number of rotatable bonds is 8. The van der Waals surface area contributed by atoms with Crippen LogP contribution in [0, 0.1) is 11.8 Å². The molecule has 2 fully saturated rings. The molecule has 0 aromatic heterocycles. The molecule has 0 radical (unpaired) electrons. The molecule has 2 amide bonds. The van der Waals surface area contributed by atoms with E-state index in [2.05, 4.69) is 5.32 Å². The maximum absolute atomic E-state index is 15.3. The molecule has 3 N–H and O–H groups in total. The van der Waals surface area contributed by atoms with Gasteiger partial charge in [-0.3, -0.25) is 9.59 Å². The van der Waals surface area contributed by atoms with E-state index in [4.69, 9.17) is 23.7 Å². The van der Waals surface area contributed by atoms with Gasteiger partial charge < -0.3 is 44.1 Å². The molecule has 3 aromatic carbocycles. The molecule has 11 heteroatoms. The lowest BCUT2D eigenvalue weighted by Crippen LogP contribution is -2.58. The molecular weight excluding hydrogens is 604 g/mol. The lowest BCUT2D eigenvalue weighted by atomic mass is 9.74. The Balaban J connectivity index is 1.46. The number of carbonyl (C=O) groups excluding carboxylic acids is 2. The Morgan fingerprint density at radius 2 is 1.79 bits per heavy atom. The van der Waals surface area contributed by atoms with E-state index in [-0.39, 0.29) is 47.3 Å². The van der Waals surface area contributed by atoms with Crippen LogP contribution in [0.15, 0.2) is 60.7 Å². The predicted molar refractivity (Wildman–Crippen MR) is 169 cm³/mol. The number of fused-ring (bicyclic) bond motifs is 5. The van der Waals surface area contributed by atoms with Crippen LogP contribution in [0.4, 0.5) is 0 Å². The van der Waals surface area contributed by atoms with Gasteiger partial charge in [-0.05, 0) is 42.0 Å². The smallest absolute Gasteiger partial charge is 0.232 e. The zero-order chi connectivity index (χ0) is 33.1. The average Bonchev–Trinajstić information content (AvgIpc) is 3.76. The summed E-state index contributed by atoms with van der Waals surface area (Å²) in [4.78, 5) is 29.8. The van der Waals surface area contributed by atoms with Crippen LogP contribution in [-0.4, -0.2) is 66.8 Å². The number of benzene rings is 3. The van der Waals surface area contributed by atoms with Gasteiger partial charge in [0.05, 0.1) is 25.7 Å². The van der Waals surface area contributed by atoms with Gasteiger partial charge in [0.1, 0.15) is 29.4 Å². The first-order chi connectivity index (χ1) is 22.6. The van der Waals surface area contributed by atoms with Gasteiger partial charge in [-0.15, -0.1) is 0 Å². The molecule has 7 rings (SSSR count). The zero-order valence-corrected chi connectivity index (χ0v) is 26.9. The minimum Gasteiger partial charge on any atom is -0.497 e. The van der Waals surface area contributed by atoms with Crippen molar-refractivity contribution >= 4 is 11.8 Å². The highest BCUT2D eigenvalue weighted by Crippen LogP contribution is 2.70. The molecule has 1 saturated carbocycles. The van der Waals surface area contributed by atoms with Crippen LogP contribution >= 0.6 is 0 Å². The molecule has 3 aromatic rings. The molecule has 1 saturated heterocycles. The number of likely N-dealkylation sites (tertiary alicyclic amines) is 1. The highest BCUT2D eigenvalue weighted by Gasteiger charge is 2.77. The summed E-state index contributed by atoms with van der Waals surface area (Å²) in [6.07, 6.45) is -0.610. The number of aliphatic hydroxyl groups is 2. The van der Waals surface area contributed by atoms with Gasteiger partial charge in [-0.1, -0.05) is 56.3 Å². The third-order valence-electron chi connectivity index (χ3n) is 9.98. The highest BCUT2D eigenvalue weighted by atomic mass is 16.7. The van der Waals surface area contributed by atoms with E-state index in [1.165, 1.54) is 7.11 Å². The van der Waals surface area contributed by atoms with E-state index in [0.29, 0.717) is 48.4 Å². The van der Waals surface area contributed by atoms with E-state index < -0.39 is 35.3 Å². The summed E-state index contributed by atoms with van der Waals surface area (Å²) in [6.45, 7) is 4.27. The van der Waals surface area contributed by atoms with Gasteiger partial charge in [0, 0.05) is 24.9 Å². The monoisotopic (exact) mass is 644 g/mol. The number of aliphatic hydroxyl groups excluding tert-OH is 1. The Hall–Kier alpha value is -4.48. The SMILES string of the molecule is COc1ccc([C@@]23Oc4cc5c(c(OC)c4C(O)(C2O)[C@@H](c2ccccc2)[C@@H]3C(=O)N2CCCC2NC(=O)CC(C)C)OCO5)cc1. The molecule has 3 aliphatic heterocycles. The molecule has 11 nitrogen and oxygen atoms in total. The lowest BCUT2D eigenvalue weighted by Gasteiger charge is -2.45. The van der Waals surface area contributed by atoms with Crippen LogP contribution < -0.4 is 29.0 Å². The normalized spacial score (nSPS) is 28.5. The third-order valence-corrected chi connectivity index (χ3v) is 9.98. The van der Waals surface area contributed by atoms with Gasteiger partial charge in [-0.25, -0.2) is 0 Å². The van der Waals surface area contributed by atoms with Crippen molar-refractivity contribution in [2.45, 2.75) is 62.5 Å². The molecule has 4 aliphatic rings. The molecule has 2 bridgehead atoms. The average molecular weight is 645 g/mol. The first-order valence-corrected chi connectivity index (χ1v) is 16.0. The lowest BCUT2D eigenvalue weighted by molar-refractivity contribution is -0.163. The minimum atomic E-state index is -2.10. The van der Waals surface area contributed by atoms with Gasteiger partial charge >= 0.3 is 0 Å². The fourth-order valence-electron chi connectivity index (χ4n) is 8.06. The first kappa shape index (κ1) is 31.1. The highest BCUT2D eigenvalue weighted by molar-refractivity contribution is 5.86. The summed E-state index contributed by atoms with van der Waals surface area (Å²) in [6, 6.07) is 17.8. The van der Waals surface area contributed by atoms with Crippen molar-refractivity contribution in [3.63, 3.8) is 0 Å². The molecule has 3 unspecified atom stereocenters. The largest absolute Gasteiger partial charge is 0.497 e. The van der Waals surface area contributed by atoms with Crippen molar-refractivity contribution in [1.29, 1.82) is 0 Å². The van der Waals surface area contributed by atoms with E-state index in [1.807, 2.05) is 44.2 Å². The fourth-order valence-corrected chi connectivity index (χ4v) is 8.06. The molecule has 248 valence electrons. The maximum atomic E-state index is 15.3. The number of nitrogens with one attached hydrogen (secondary N) is 1. The summed E-state index contributed by atoms with van der Waals surface area (Å²) < 4.78 is 29.7. The standard InChI is InChI=1S/C36H40N2O9/c1-20(2)17-27(39)37-26-11-8-16-38(26)33(40)30-28(21-9-6-5-7-10-21)35(42)29-24(18-25-31(32(29)44-4)46-19-45-25)47-36(30,34(35)41)22-12-14-23(43-3)15-13-22/h5-7,9-10,12-15,18,20,26,28,30,34,41-42H,8,11,16-17,19H2,1-4H3,(H,37,39)/t26?,28-,30+,34?,35?,36-/m0/s1. The van der Waals surface area contributed by atoms with Crippen LogP contribution in [0.2, 0.25) is 0 Å².